The molecule has 8 heteroatoms. The van der Waals surface area contributed by atoms with Crippen LogP contribution in [0.3, 0.4) is 0 Å². The molecule has 0 aliphatic carbocycles. The van der Waals surface area contributed by atoms with E-state index in [0.29, 0.717) is 30.3 Å². The Morgan fingerprint density at radius 2 is 1.52 bits per heavy atom. The van der Waals surface area contributed by atoms with Crippen LogP contribution in [-0.4, -0.2) is 53.1 Å². The van der Waals surface area contributed by atoms with Gasteiger partial charge in [0.25, 0.3) is 5.91 Å². The summed E-state index contributed by atoms with van der Waals surface area (Å²) in [6, 6.07) is 31.0. The zero-order valence-electron chi connectivity index (χ0n) is 21.7. The van der Waals surface area contributed by atoms with Crippen LogP contribution in [0.2, 0.25) is 0 Å². The third kappa shape index (κ3) is 3.75. The molecule has 2 aromatic heterocycles. The number of anilines is 1. The Balaban J connectivity index is 1.45. The van der Waals surface area contributed by atoms with Gasteiger partial charge in [0, 0.05) is 24.8 Å². The number of amides is 1. The lowest BCUT2D eigenvalue weighted by molar-refractivity contribution is 0.0961. The molecule has 2 aliphatic heterocycles. The van der Waals surface area contributed by atoms with Crippen LogP contribution in [0.4, 0.5) is 5.69 Å². The molecule has 7 nitrogen and oxygen atoms in total. The first-order valence-electron chi connectivity index (χ1n) is 13.4. The highest BCUT2D eigenvalue weighted by molar-refractivity contribution is 7.18. The fourth-order valence-corrected chi connectivity index (χ4v) is 7.12. The van der Waals surface area contributed by atoms with E-state index in [9.17, 15) is 9.90 Å². The minimum Gasteiger partial charge on any atom is -0.488 e. The molecule has 1 atom stereocenters. The third-order valence-corrected chi connectivity index (χ3v) is 9.02. The Bertz CT molecular complexity index is 1550. The molecule has 0 fully saturated rings. The van der Waals surface area contributed by atoms with Gasteiger partial charge in [-0.1, -0.05) is 91.0 Å². The van der Waals surface area contributed by atoms with Gasteiger partial charge in [-0.15, -0.1) is 11.3 Å². The highest BCUT2D eigenvalue weighted by Gasteiger charge is 2.41. The van der Waals surface area contributed by atoms with Gasteiger partial charge in [0.15, 0.2) is 5.75 Å². The van der Waals surface area contributed by atoms with Crippen molar-refractivity contribution in [1.29, 1.82) is 0 Å². The summed E-state index contributed by atoms with van der Waals surface area (Å²) in [6.07, 6.45) is 3.91. The van der Waals surface area contributed by atoms with Crippen LogP contribution in [0.25, 0.3) is 10.4 Å². The minimum atomic E-state index is -0.736. The highest BCUT2D eigenvalue weighted by Crippen LogP contribution is 2.51. The summed E-state index contributed by atoms with van der Waals surface area (Å²) in [5.74, 6) is 0.572. The zero-order valence-corrected chi connectivity index (χ0v) is 22.6. The standard InChI is InChI=1S/C32H28N4O3S/c37-20-26-21-39-28-27-30(31(38)33-16-17-35(26)27)40-29(28)22-18-34-36(19-22)32(23-10-4-1-5-11-23,24-12-6-2-7-13-24)25-14-8-3-9-15-25/h1-15,18-19,26,37H,16-17,20-21H2,(H,33,38)/t26-/m1/s1. The van der Waals surface area contributed by atoms with Crippen LogP contribution in [0.15, 0.2) is 103 Å². The zero-order chi connectivity index (χ0) is 27.1. The lowest BCUT2D eigenvalue weighted by atomic mass is 9.77. The van der Waals surface area contributed by atoms with Crippen LogP contribution in [0, 0.1) is 0 Å². The number of hydrogen-bond donors (Lipinski definition) is 2. The summed E-state index contributed by atoms with van der Waals surface area (Å²) in [7, 11) is 0. The molecule has 0 bridgehead atoms. The fraction of sp³-hybridized carbons (Fsp3) is 0.188. The number of hydrogen-bond acceptors (Lipinski definition) is 6. The molecule has 3 aromatic carbocycles. The van der Waals surface area contributed by atoms with E-state index >= 15 is 0 Å². The highest BCUT2D eigenvalue weighted by atomic mass is 32.1. The molecule has 0 spiro atoms. The van der Waals surface area contributed by atoms with Crippen LogP contribution in [-0.2, 0) is 5.54 Å². The summed E-state index contributed by atoms with van der Waals surface area (Å²) in [5.41, 5.74) is 4.15. The molecular formula is C32H28N4O3S. The molecule has 0 saturated carbocycles. The topological polar surface area (TPSA) is 79.6 Å². The number of thiophene rings is 1. The van der Waals surface area contributed by atoms with Crippen LogP contribution >= 0.6 is 11.3 Å². The monoisotopic (exact) mass is 548 g/mol. The van der Waals surface area contributed by atoms with Crippen molar-refractivity contribution >= 4 is 22.9 Å². The Labute approximate surface area is 236 Å². The van der Waals surface area contributed by atoms with Gasteiger partial charge in [0.2, 0.25) is 0 Å². The summed E-state index contributed by atoms with van der Waals surface area (Å²) in [5, 5.41) is 18.0. The van der Waals surface area contributed by atoms with Gasteiger partial charge in [0.05, 0.1) is 23.7 Å². The Morgan fingerprint density at radius 1 is 0.925 bits per heavy atom. The summed E-state index contributed by atoms with van der Waals surface area (Å²) in [6.45, 7) is 1.47. The Morgan fingerprint density at radius 3 is 2.10 bits per heavy atom. The molecule has 0 radical (unpaired) electrons. The van der Waals surface area contributed by atoms with Gasteiger partial charge in [-0.25, -0.2) is 0 Å². The first kappa shape index (κ1) is 24.6. The largest absolute Gasteiger partial charge is 0.488 e. The SMILES string of the molecule is O=C1NCCN2c3c1sc(-c1cnn(C(c4ccccc4)(c4ccccc4)c4ccccc4)c1)c3OC[C@H]2CO. The number of benzene rings is 3. The number of nitrogens with one attached hydrogen (secondary N) is 1. The van der Waals surface area contributed by atoms with Crippen molar-refractivity contribution in [3.8, 4) is 16.2 Å². The molecule has 4 heterocycles. The third-order valence-electron chi connectivity index (χ3n) is 7.81. The molecule has 0 saturated heterocycles. The van der Waals surface area contributed by atoms with E-state index in [1.807, 2.05) is 29.1 Å². The number of ether oxygens (including phenoxy) is 1. The quantitative estimate of drug-likeness (QED) is 0.299. The maximum atomic E-state index is 13.0. The van der Waals surface area contributed by atoms with E-state index < -0.39 is 5.54 Å². The molecular weight excluding hydrogens is 520 g/mol. The van der Waals surface area contributed by atoms with Gasteiger partial charge in [-0.05, 0) is 16.7 Å². The predicted octanol–water partition coefficient (Wildman–Crippen LogP) is 4.75. The van der Waals surface area contributed by atoms with E-state index in [4.69, 9.17) is 9.84 Å². The summed E-state index contributed by atoms with van der Waals surface area (Å²) >= 11 is 1.42. The van der Waals surface area contributed by atoms with Crippen molar-refractivity contribution in [3.63, 3.8) is 0 Å². The van der Waals surface area contributed by atoms with Gasteiger partial charge in [0.1, 0.15) is 22.7 Å². The van der Waals surface area contributed by atoms with E-state index in [1.165, 1.54) is 11.3 Å². The summed E-state index contributed by atoms with van der Waals surface area (Å²) in [4.78, 5) is 16.6. The van der Waals surface area contributed by atoms with E-state index in [-0.39, 0.29) is 18.6 Å². The molecule has 7 rings (SSSR count). The van der Waals surface area contributed by atoms with Crippen molar-refractivity contribution in [2.24, 2.45) is 0 Å². The van der Waals surface area contributed by atoms with Crippen LogP contribution in [0.1, 0.15) is 26.4 Å². The molecule has 2 N–H and O–H groups in total. The fourth-order valence-electron chi connectivity index (χ4n) is 5.97. The van der Waals surface area contributed by atoms with Crippen LogP contribution in [0.5, 0.6) is 5.75 Å². The number of carbonyl (C=O) groups excluding carboxylic acids is 1. The average Bonchev–Trinajstić information content (AvgIpc) is 3.61. The Hall–Kier alpha value is -4.40. The van der Waals surface area contributed by atoms with E-state index in [0.717, 1.165) is 32.8 Å². The van der Waals surface area contributed by atoms with Gasteiger partial charge in [-0.3, -0.25) is 9.48 Å². The molecule has 2 aliphatic rings. The van der Waals surface area contributed by atoms with Crippen LogP contribution < -0.4 is 15.0 Å². The number of rotatable bonds is 6. The molecule has 200 valence electrons. The van der Waals surface area contributed by atoms with Gasteiger partial charge in [-0.2, -0.15) is 5.10 Å². The van der Waals surface area contributed by atoms with E-state index in [2.05, 4.69) is 89.2 Å². The average molecular weight is 549 g/mol. The lowest BCUT2D eigenvalue weighted by Gasteiger charge is -2.36. The molecule has 1 amide bonds. The van der Waals surface area contributed by atoms with Crippen molar-refractivity contribution in [2.75, 3.05) is 31.2 Å². The first-order valence-corrected chi connectivity index (χ1v) is 14.2. The number of aliphatic hydroxyl groups is 1. The second-order valence-electron chi connectivity index (χ2n) is 10.0. The number of carbonyl (C=O) groups is 1. The van der Waals surface area contributed by atoms with Crippen molar-refractivity contribution < 1.29 is 14.6 Å². The maximum absolute atomic E-state index is 13.0. The smallest absolute Gasteiger partial charge is 0.263 e. The molecule has 5 aromatic rings. The first-order chi connectivity index (χ1) is 19.7. The number of nitrogens with zero attached hydrogens (tertiary/aromatic N) is 3. The lowest BCUT2D eigenvalue weighted by Crippen LogP contribution is -2.46. The molecule has 0 unspecified atom stereocenters. The van der Waals surface area contributed by atoms with E-state index in [1.54, 1.807) is 0 Å². The second kappa shape index (κ2) is 9.97. The Kier molecular flexibility index (Phi) is 6.14. The number of aromatic nitrogens is 2. The predicted molar refractivity (Wildman–Crippen MR) is 156 cm³/mol. The van der Waals surface area contributed by atoms with Crippen molar-refractivity contribution in [1.82, 2.24) is 15.1 Å². The normalized spacial score (nSPS) is 16.6. The maximum Gasteiger partial charge on any atom is 0.263 e. The van der Waals surface area contributed by atoms with Crippen molar-refractivity contribution in [2.45, 2.75) is 11.6 Å². The second-order valence-corrected chi connectivity index (χ2v) is 11.0. The summed E-state index contributed by atoms with van der Waals surface area (Å²) < 4.78 is 8.27. The number of aliphatic hydroxyl groups excluding tert-OH is 1. The molecule has 40 heavy (non-hydrogen) atoms. The van der Waals surface area contributed by atoms with Gasteiger partial charge < -0.3 is 20.1 Å². The van der Waals surface area contributed by atoms with Crippen molar-refractivity contribution in [3.05, 3.63) is 125 Å². The van der Waals surface area contributed by atoms with Gasteiger partial charge >= 0.3 is 0 Å². The minimum absolute atomic E-state index is 0.0378.